The molecule has 5 nitrogen and oxygen atoms in total. The number of rotatable bonds is 6. The zero-order valence-electron chi connectivity index (χ0n) is 9.02. The first-order chi connectivity index (χ1) is 7.83. The summed E-state index contributed by atoms with van der Waals surface area (Å²) in [5.74, 6) is 0.758. The Kier molecular flexibility index (Phi) is 5.80. The summed E-state index contributed by atoms with van der Waals surface area (Å²) in [4.78, 5) is 11.0. The number of nitrogens with one attached hydrogen (secondary N) is 1. The van der Waals surface area contributed by atoms with Gasteiger partial charge >= 0.3 is 6.09 Å². The van der Waals surface area contributed by atoms with Crippen molar-refractivity contribution in [2.24, 2.45) is 5.73 Å². The Bertz CT molecular complexity index is 303. The Morgan fingerprint density at radius 2 is 2.00 bits per heavy atom. The van der Waals surface area contributed by atoms with E-state index in [0.717, 1.165) is 5.75 Å². The maximum atomic E-state index is 11.0. The first-order valence-corrected chi connectivity index (χ1v) is 5.11. The van der Waals surface area contributed by atoms with Gasteiger partial charge in [0.05, 0.1) is 0 Å². The maximum absolute atomic E-state index is 11.0. The predicted molar refractivity (Wildman–Crippen MR) is 60.3 cm³/mol. The number of hydrogen-bond acceptors (Lipinski definition) is 4. The van der Waals surface area contributed by atoms with Crippen molar-refractivity contribution in [1.82, 2.24) is 5.32 Å². The maximum Gasteiger partial charge on any atom is 0.407 e. The molecule has 1 aromatic rings. The topological polar surface area (TPSA) is 73.6 Å². The van der Waals surface area contributed by atoms with Crippen LogP contribution >= 0.6 is 0 Å². The van der Waals surface area contributed by atoms with Crippen LogP contribution in [-0.4, -0.2) is 32.4 Å². The van der Waals surface area contributed by atoms with Crippen molar-refractivity contribution in [1.29, 1.82) is 0 Å². The highest BCUT2D eigenvalue weighted by Crippen LogP contribution is 2.07. The van der Waals surface area contributed by atoms with Gasteiger partial charge in [-0.05, 0) is 12.1 Å². The van der Waals surface area contributed by atoms with E-state index >= 15 is 0 Å². The summed E-state index contributed by atoms with van der Waals surface area (Å²) in [5.41, 5.74) is 5.21. The number of amides is 1. The average molecular weight is 224 g/mol. The number of benzene rings is 1. The van der Waals surface area contributed by atoms with Crippen LogP contribution in [0.5, 0.6) is 5.75 Å². The van der Waals surface area contributed by atoms with Gasteiger partial charge in [0.2, 0.25) is 0 Å². The fourth-order valence-corrected chi connectivity index (χ4v) is 1.04. The number of nitrogens with two attached hydrogens (primary N) is 1. The summed E-state index contributed by atoms with van der Waals surface area (Å²) in [7, 11) is 0. The Morgan fingerprint density at radius 1 is 1.25 bits per heavy atom. The Morgan fingerprint density at radius 3 is 2.69 bits per heavy atom. The van der Waals surface area contributed by atoms with Gasteiger partial charge in [-0.25, -0.2) is 4.79 Å². The van der Waals surface area contributed by atoms with E-state index in [4.69, 9.17) is 15.2 Å². The van der Waals surface area contributed by atoms with Crippen LogP contribution in [0.25, 0.3) is 0 Å². The molecule has 0 aliphatic rings. The van der Waals surface area contributed by atoms with Crippen molar-refractivity contribution < 1.29 is 14.3 Å². The molecule has 0 saturated carbocycles. The third-order valence-electron chi connectivity index (χ3n) is 1.74. The van der Waals surface area contributed by atoms with E-state index in [0.29, 0.717) is 19.7 Å². The number of carbonyl (C=O) groups is 1. The number of ether oxygens (including phenoxy) is 2. The summed E-state index contributed by atoms with van der Waals surface area (Å²) in [6.07, 6.45) is -0.470. The van der Waals surface area contributed by atoms with Crippen LogP contribution in [0, 0.1) is 0 Å². The zero-order valence-corrected chi connectivity index (χ0v) is 9.02. The second kappa shape index (κ2) is 7.53. The quantitative estimate of drug-likeness (QED) is 0.699. The van der Waals surface area contributed by atoms with E-state index in [1.165, 1.54) is 0 Å². The van der Waals surface area contributed by atoms with Crippen LogP contribution in [0.4, 0.5) is 4.79 Å². The molecule has 0 spiro atoms. The highest BCUT2D eigenvalue weighted by molar-refractivity contribution is 5.67. The van der Waals surface area contributed by atoms with Gasteiger partial charge in [-0.15, -0.1) is 0 Å². The largest absolute Gasteiger partial charge is 0.490 e. The number of carbonyl (C=O) groups excluding carboxylic acids is 1. The third kappa shape index (κ3) is 5.21. The lowest BCUT2D eigenvalue weighted by Gasteiger charge is -2.07. The molecule has 5 heteroatoms. The molecular formula is C11H16N2O3. The van der Waals surface area contributed by atoms with Crippen LogP contribution in [0.3, 0.4) is 0 Å². The highest BCUT2D eigenvalue weighted by atomic mass is 16.6. The summed E-state index contributed by atoms with van der Waals surface area (Å²) >= 11 is 0. The summed E-state index contributed by atoms with van der Waals surface area (Å²) in [5, 5.41) is 2.49. The Labute approximate surface area is 94.5 Å². The van der Waals surface area contributed by atoms with Crippen LogP contribution < -0.4 is 15.8 Å². The van der Waals surface area contributed by atoms with Crippen molar-refractivity contribution in [2.75, 3.05) is 26.3 Å². The van der Waals surface area contributed by atoms with Crippen LogP contribution in [0.15, 0.2) is 30.3 Å². The van der Waals surface area contributed by atoms with Gasteiger partial charge in [-0.2, -0.15) is 0 Å². The van der Waals surface area contributed by atoms with Crippen molar-refractivity contribution in [3.63, 3.8) is 0 Å². The molecule has 0 radical (unpaired) electrons. The monoisotopic (exact) mass is 224 g/mol. The molecule has 1 aromatic carbocycles. The number of alkyl carbamates (subject to hydrolysis) is 1. The minimum atomic E-state index is -0.470. The molecular weight excluding hydrogens is 208 g/mol. The van der Waals surface area contributed by atoms with Gasteiger partial charge in [0, 0.05) is 13.1 Å². The standard InChI is InChI=1S/C11H16N2O3/c12-6-7-13-11(14)16-9-8-15-10-4-2-1-3-5-10/h1-5H,6-9,12H2,(H,13,14). The van der Waals surface area contributed by atoms with Gasteiger partial charge in [0.1, 0.15) is 19.0 Å². The molecule has 0 atom stereocenters. The average Bonchev–Trinajstić information content (AvgIpc) is 2.33. The SMILES string of the molecule is NCCNC(=O)OCCOc1ccccc1. The predicted octanol–water partition coefficient (Wildman–Crippen LogP) is 0.750. The molecule has 3 N–H and O–H groups in total. The van der Waals surface area contributed by atoms with E-state index < -0.39 is 6.09 Å². The molecule has 0 aliphatic heterocycles. The molecule has 1 amide bonds. The fraction of sp³-hybridized carbons (Fsp3) is 0.364. The van der Waals surface area contributed by atoms with Crippen molar-refractivity contribution >= 4 is 6.09 Å². The summed E-state index contributed by atoms with van der Waals surface area (Å²) < 4.78 is 10.2. The van der Waals surface area contributed by atoms with Gasteiger partial charge in [0.25, 0.3) is 0 Å². The first kappa shape index (κ1) is 12.3. The minimum absolute atomic E-state index is 0.214. The van der Waals surface area contributed by atoms with Gasteiger partial charge < -0.3 is 20.5 Å². The van der Waals surface area contributed by atoms with E-state index in [-0.39, 0.29) is 6.61 Å². The molecule has 0 aliphatic carbocycles. The number of para-hydroxylation sites is 1. The second-order valence-electron chi connectivity index (χ2n) is 3.01. The molecule has 0 fully saturated rings. The van der Waals surface area contributed by atoms with Crippen LogP contribution in [-0.2, 0) is 4.74 Å². The third-order valence-corrected chi connectivity index (χ3v) is 1.74. The molecule has 0 heterocycles. The summed E-state index contributed by atoms with van der Waals surface area (Å²) in [6, 6.07) is 9.35. The normalized spacial score (nSPS) is 9.56. The molecule has 0 saturated heterocycles. The molecule has 0 bridgehead atoms. The molecule has 0 unspecified atom stereocenters. The number of hydrogen-bond donors (Lipinski definition) is 2. The Hall–Kier alpha value is -1.75. The molecule has 0 aromatic heterocycles. The fourth-order valence-electron chi connectivity index (χ4n) is 1.04. The van der Waals surface area contributed by atoms with E-state index in [1.54, 1.807) is 0 Å². The zero-order chi connectivity index (χ0) is 11.6. The van der Waals surface area contributed by atoms with Gasteiger partial charge in [-0.1, -0.05) is 18.2 Å². The van der Waals surface area contributed by atoms with E-state index in [1.807, 2.05) is 30.3 Å². The lowest BCUT2D eigenvalue weighted by molar-refractivity contribution is 0.125. The first-order valence-electron chi connectivity index (χ1n) is 5.11. The van der Waals surface area contributed by atoms with Gasteiger partial charge in [0.15, 0.2) is 0 Å². The van der Waals surface area contributed by atoms with E-state index in [9.17, 15) is 4.79 Å². The van der Waals surface area contributed by atoms with Crippen molar-refractivity contribution in [3.8, 4) is 5.75 Å². The van der Waals surface area contributed by atoms with Crippen molar-refractivity contribution in [3.05, 3.63) is 30.3 Å². The summed E-state index contributed by atoms with van der Waals surface area (Å²) in [6.45, 7) is 1.36. The molecule has 16 heavy (non-hydrogen) atoms. The molecule has 1 rings (SSSR count). The van der Waals surface area contributed by atoms with Gasteiger partial charge in [-0.3, -0.25) is 0 Å². The highest BCUT2D eigenvalue weighted by Gasteiger charge is 1.99. The lowest BCUT2D eigenvalue weighted by atomic mass is 10.3. The van der Waals surface area contributed by atoms with Crippen LogP contribution in [0.1, 0.15) is 0 Å². The smallest absolute Gasteiger partial charge is 0.407 e. The minimum Gasteiger partial charge on any atom is -0.490 e. The van der Waals surface area contributed by atoms with E-state index in [2.05, 4.69) is 5.32 Å². The van der Waals surface area contributed by atoms with Crippen LogP contribution in [0.2, 0.25) is 0 Å². The lowest BCUT2D eigenvalue weighted by Crippen LogP contribution is -2.30. The molecule has 88 valence electrons. The Balaban J connectivity index is 2.06. The second-order valence-corrected chi connectivity index (χ2v) is 3.01. The van der Waals surface area contributed by atoms with Crippen molar-refractivity contribution in [2.45, 2.75) is 0 Å².